The maximum absolute atomic E-state index is 11.7. The van der Waals surface area contributed by atoms with Crippen LogP contribution in [-0.2, 0) is 14.3 Å². The van der Waals surface area contributed by atoms with E-state index in [4.69, 9.17) is 4.74 Å². The molecule has 1 amide bonds. The standard InChI is InChI=1S/C14H18N2O4/c1-19-14(18)9-20-12-4-2-11(3-5-12)16-13(17)6-10-7-15-8-10/h2-5,10,15H,6-9H2,1H3,(H,16,17). The average molecular weight is 278 g/mol. The number of carbonyl (C=O) groups is 2. The number of hydrogen-bond donors (Lipinski definition) is 2. The van der Waals surface area contributed by atoms with E-state index in [0.717, 1.165) is 13.1 Å². The maximum Gasteiger partial charge on any atom is 0.343 e. The van der Waals surface area contributed by atoms with E-state index >= 15 is 0 Å². The van der Waals surface area contributed by atoms with E-state index in [0.29, 0.717) is 23.8 Å². The first-order chi connectivity index (χ1) is 9.67. The highest BCUT2D eigenvalue weighted by atomic mass is 16.6. The van der Waals surface area contributed by atoms with Gasteiger partial charge in [0.25, 0.3) is 0 Å². The molecule has 1 aliphatic rings. The SMILES string of the molecule is COC(=O)COc1ccc(NC(=O)CC2CNC2)cc1. The monoisotopic (exact) mass is 278 g/mol. The summed E-state index contributed by atoms with van der Waals surface area (Å²) in [5.41, 5.74) is 0.715. The van der Waals surface area contributed by atoms with Crippen LogP contribution >= 0.6 is 0 Å². The van der Waals surface area contributed by atoms with Crippen molar-refractivity contribution in [1.29, 1.82) is 0 Å². The number of carbonyl (C=O) groups excluding carboxylic acids is 2. The number of ether oxygens (including phenoxy) is 2. The number of esters is 1. The van der Waals surface area contributed by atoms with Gasteiger partial charge in [0.2, 0.25) is 5.91 Å². The summed E-state index contributed by atoms with van der Waals surface area (Å²) in [5.74, 6) is 0.575. The van der Waals surface area contributed by atoms with E-state index < -0.39 is 5.97 Å². The van der Waals surface area contributed by atoms with E-state index in [-0.39, 0.29) is 12.5 Å². The fourth-order valence-electron chi connectivity index (χ4n) is 1.80. The molecule has 2 rings (SSSR count). The molecule has 1 heterocycles. The Morgan fingerprint density at radius 1 is 1.30 bits per heavy atom. The van der Waals surface area contributed by atoms with Gasteiger partial charge in [-0.3, -0.25) is 4.79 Å². The number of benzene rings is 1. The van der Waals surface area contributed by atoms with E-state index in [9.17, 15) is 9.59 Å². The first-order valence-electron chi connectivity index (χ1n) is 6.47. The van der Waals surface area contributed by atoms with E-state index in [1.165, 1.54) is 7.11 Å². The van der Waals surface area contributed by atoms with Crippen molar-refractivity contribution in [3.63, 3.8) is 0 Å². The zero-order valence-electron chi connectivity index (χ0n) is 11.3. The van der Waals surface area contributed by atoms with E-state index in [2.05, 4.69) is 15.4 Å². The molecule has 6 nitrogen and oxygen atoms in total. The van der Waals surface area contributed by atoms with Gasteiger partial charge in [0.15, 0.2) is 6.61 Å². The summed E-state index contributed by atoms with van der Waals surface area (Å²) < 4.78 is 9.69. The summed E-state index contributed by atoms with van der Waals surface area (Å²) in [6.45, 7) is 1.69. The first kappa shape index (κ1) is 14.3. The largest absolute Gasteiger partial charge is 0.482 e. The van der Waals surface area contributed by atoms with Crippen LogP contribution in [0.4, 0.5) is 5.69 Å². The highest BCUT2D eigenvalue weighted by Crippen LogP contribution is 2.17. The number of nitrogens with one attached hydrogen (secondary N) is 2. The Hall–Kier alpha value is -2.08. The van der Waals surface area contributed by atoms with Crippen molar-refractivity contribution in [3.8, 4) is 5.75 Å². The lowest BCUT2D eigenvalue weighted by Crippen LogP contribution is -2.43. The third kappa shape index (κ3) is 4.24. The van der Waals surface area contributed by atoms with Crippen molar-refractivity contribution in [1.82, 2.24) is 5.32 Å². The molecule has 1 aromatic rings. The summed E-state index contributed by atoms with van der Waals surface area (Å²) in [7, 11) is 1.31. The number of rotatable bonds is 6. The molecular weight excluding hydrogens is 260 g/mol. The van der Waals surface area contributed by atoms with E-state index in [1.807, 2.05) is 0 Å². The zero-order valence-corrected chi connectivity index (χ0v) is 11.3. The Labute approximate surface area is 117 Å². The molecule has 1 aromatic carbocycles. The van der Waals surface area contributed by atoms with Crippen LogP contribution in [0.15, 0.2) is 24.3 Å². The van der Waals surface area contributed by atoms with Crippen molar-refractivity contribution in [2.24, 2.45) is 5.92 Å². The Morgan fingerprint density at radius 2 is 2.00 bits per heavy atom. The van der Waals surface area contributed by atoms with Gasteiger partial charge in [-0.15, -0.1) is 0 Å². The van der Waals surface area contributed by atoms with Crippen LogP contribution in [0.3, 0.4) is 0 Å². The van der Waals surface area contributed by atoms with Crippen LogP contribution in [0.1, 0.15) is 6.42 Å². The minimum atomic E-state index is -0.434. The van der Waals surface area contributed by atoms with Gasteiger partial charge in [-0.25, -0.2) is 4.79 Å². The predicted octanol–water partition coefficient (Wildman–Crippen LogP) is 0.786. The molecule has 0 atom stereocenters. The quantitative estimate of drug-likeness (QED) is 0.752. The van der Waals surface area contributed by atoms with E-state index in [1.54, 1.807) is 24.3 Å². The average Bonchev–Trinajstić information content (AvgIpc) is 2.42. The normalized spacial score (nSPS) is 14.2. The van der Waals surface area contributed by atoms with Gasteiger partial charge in [0.1, 0.15) is 5.75 Å². The lowest BCUT2D eigenvalue weighted by atomic mass is 9.99. The molecule has 1 fully saturated rings. The van der Waals surface area contributed by atoms with Gasteiger partial charge in [-0.2, -0.15) is 0 Å². The molecule has 0 saturated carbocycles. The number of hydrogen-bond acceptors (Lipinski definition) is 5. The predicted molar refractivity (Wildman–Crippen MR) is 73.6 cm³/mol. The highest BCUT2D eigenvalue weighted by Gasteiger charge is 2.19. The van der Waals surface area contributed by atoms with Gasteiger partial charge < -0.3 is 20.1 Å². The Morgan fingerprint density at radius 3 is 2.55 bits per heavy atom. The molecule has 0 bridgehead atoms. The van der Waals surface area contributed by atoms with Crippen molar-refractivity contribution in [2.45, 2.75) is 6.42 Å². The molecule has 108 valence electrons. The maximum atomic E-state index is 11.7. The Kier molecular flexibility index (Phi) is 4.95. The molecule has 1 aliphatic heterocycles. The summed E-state index contributed by atoms with van der Waals surface area (Å²) in [6, 6.07) is 6.87. The molecule has 20 heavy (non-hydrogen) atoms. The second-order valence-corrected chi connectivity index (χ2v) is 4.67. The zero-order chi connectivity index (χ0) is 14.4. The molecule has 6 heteroatoms. The highest BCUT2D eigenvalue weighted by molar-refractivity contribution is 5.91. The summed E-state index contributed by atoms with van der Waals surface area (Å²) >= 11 is 0. The number of amides is 1. The van der Waals surface area contributed by atoms with Crippen molar-refractivity contribution in [2.75, 3.05) is 32.1 Å². The lowest BCUT2D eigenvalue weighted by molar-refractivity contribution is -0.142. The van der Waals surface area contributed by atoms with Crippen molar-refractivity contribution < 1.29 is 19.1 Å². The van der Waals surface area contributed by atoms with Crippen LogP contribution in [0.5, 0.6) is 5.75 Å². The molecule has 1 saturated heterocycles. The van der Waals surface area contributed by atoms with Gasteiger partial charge >= 0.3 is 5.97 Å². The smallest absolute Gasteiger partial charge is 0.343 e. The topological polar surface area (TPSA) is 76.7 Å². The van der Waals surface area contributed by atoms with Crippen LogP contribution in [0, 0.1) is 5.92 Å². The van der Waals surface area contributed by atoms with Crippen LogP contribution < -0.4 is 15.4 Å². The molecular formula is C14H18N2O4. The van der Waals surface area contributed by atoms with Gasteiger partial charge in [-0.05, 0) is 43.3 Å². The Balaban J connectivity index is 1.78. The van der Waals surface area contributed by atoms with Gasteiger partial charge in [0.05, 0.1) is 7.11 Å². The van der Waals surface area contributed by atoms with Gasteiger partial charge in [-0.1, -0.05) is 0 Å². The summed E-state index contributed by atoms with van der Waals surface area (Å²) in [6.07, 6.45) is 0.535. The minimum Gasteiger partial charge on any atom is -0.482 e. The Bertz CT molecular complexity index is 469. The molecule has 2 N–H and O–H groups in total. The second kappa shape index (κ2) is 6.91. The van der Waals surface area contributed by atoms with Crippen LogP contribution in [0.25, 0.3) is 0 Å². The van der Waals surface area contributed by atoms with Crippen molar-refractivity contribution >= 4 is 17.6 Å². The van der Waals surface area contributed by atoms with Crippen LogP contribution in [-0.4, -0.2) is 38.7 Å². The third-order valence-electron chi connectivity index (χ3n) is 3.06. The molecule has 0 unspecified atom stereocenters. The second-order valence-electron chi connectivity index (χ2n) is 4.67. The minimum absolute atomic E-state index is 0.0136. The summed E-state index contributed by atoms with van der Waals surface area (Å²) in [4.78, 5) is 22.6. The third-order valence-corrected chi connectivity index (χ3v) is 3.06. The van der Waals surface area contributed by atoms with Crippen LogP contribution in [0.2, 0.25) is 0 Å². The molecule has 0 aromatic heterocycles. The fourth-order valence-corrected chi connectivity index (χ4v) is 1.80. The number of methoxy groups -OCH3 is 1. The van der Waals surface area contributed by atoms with Gasteiger partial charge in [0, 0.05) is 12.1 Å². The number of anilines is 1. The summed E-state index contributed by atoms with van der Waals surface area (Å²) in [5, 5.41) is 5.96. The first-order valence-corrected chi connectivity index (χ1v) is 6.47. The molecule has 0 spiro atoms. The van der Waals surface area contributed by atoms with Crippen molar-refractivity contribution in [3.05, 3.63) is 24.3 Å². The molecule has 0 aliphatic carbocycles. The lowest BCUT2D eigenvalue weighted by Gasteiger charge is -2.26. The fraction of sp³-hybridized carbons (Fsp3) is 0.429. The molecule has 0 radical (unpaired) electrons.